The van der Waals surface area contributed by atoms with E-state index < -0.39 is 74.5 Å². The predicted molar refractivity (Wildman–Crippen MR) is 243 cm³/mol. The van der Waals surface area contributed by atoms with Gasteiger partial charge in [-0.1, -0.05) is 51.4 Å². The molecule has 0 unspecified atom stereocenters. The normalized spacial score (nSPS) is 17.2. The first-order valence-corrected chi connectivity index (χ1v) is 30.1. The van der Waals surface area contributed by atoms with E-state index in [9.17, 15) is 17.6 Å². The molecular formula is C44H62F3N5O7SSi2. The fourth-order valence-electron chi connectivity index (χ4n) is 7.82. The van der Waals surface area contributed by atoms with Gasteiger partial charge in [-0.3, -0.25) is 4.79 Å². The molecule has 340 valence electrons. The van der Waals surface area contributed by atoms with Crippen LogP contribution in [0, 0.1) is 17.6 Å². The maximum Gasteiger partial charge on any atom is 0.306 e. The van der Waals surface area contributed by atoms with Gasteiger partial charge in [0.05, 0.1) is 16.8 Å². The summed E-state index contributed by atoms with van der Waals surface area (Å²) in [6.07, 6.45) is 3.38. The standard InChI is InChI=1S/C44H62F3N5O7SSi2/c1-56-44(57-2)32-15-18-49(19-16-32)35-11-9-31(10-12-35)33-25-36-37(28-50(43(36)48-26-33)29-58-21-23-61(3,4)5)42(53)40-38(46)13-14-39(41(40)47)52(30-59-22-24-62(6,7)8)60(54,55)51-20-17-34(45)27-51/h9-14,25-26,28,32,34,44H,15-24,27,29-30H2,1-8H3/t34-/m1/s1. The molecule has 0 radical (unpaired) electrons. The molecule has 0 N–H and O–H groups in total. The van der Waals surface area contributed by atoms with Crippen LogP contribution in [0.1, 0.15) is 35.2 Å². The first kappa shape index (κ1) is 47.8. The smallest absolute Gasteiger partial charge is 0.306 e. The first-order chi connectivity index (χ1) is 29.3. The van der Waals surface area contributed by atoms with Gasteiger partial charge >= 0.3 is 10.2 Å². The summed E-state index contributed by atoms with van der Waals surface area (Å²) in [7, 11) is -4.26. The van der Waals surface area contributed by atoms with Gasteiger partial charge in [-0.15, -0.1) is 0 Å². The molecular weight excluding hydrogens is 856 g/mol. The molecule has 4 heterocycles. The monoisotopic (exact) mass is 917 g/mol. The number of carbonyl (C=O) groups is 1. The highest BCUT2D eigenvalue weighted by Gasteiger charge is 2.39. The lowest BCUT2D eigenvalue weighted by molar-refractivity contribution is -0.141. The van der Waals surface area contributed by atoms with Crippen molar-refractivity contribution in [3.8, 4) is 11.1 Å². The van der Waals surface area contributed by atoms with Gasteiger partial charge in [0.25, 0.3) is 0 Å². The van der Waals surface area contributed by atoms with Gasteiger partial charge in [-0.2, -0.15) is 12.7 Å². The third-order valence-corrected chi connectivity index (χ3v) is 16.9. The number of halogens is 3. The van der Waals surface area contributed by atoms with E-state index in [-0.39, 0.29) is 38.2 Å². The number of pyridine rings is 1. The fourth-order valence-corrected chi connectivity index (χ4v) is 10.9. The van der Waals surface area contributed by atoms with Gasteiger partial charge in [-0.25, -0.2) is 22.5 Å². The molecule has 0 aliphatic carbocycles. The van der Waals surface area contributed by atoms with Crippen LogP contribution >= 0.6 is 0 Å². The maximum absolute atomic E-state index is 16.9. The molecule has 12 nitrogen and oxygen atoms in total. The van der Waals surface area contributed by atoms with Gasteiger partial charge in [0.1, 0.15) is 31.1 Å². The molecule has 0 amide bonds. The van der Waals surface area contributed by atoms with Gasteiger partial charge in [0.2, 0.25) is 5.78 Å². The topological polar surface area (TPSA) is 116 Å². The molecule has 18 heteroatoms. The number of ketones is 1. The van der Waals surface area contributed by atoms with Crippen molar-refractivity contribution in [1.29, 1.82) is 0 Å². The van der Waals surface area contributed by atoms with Crippen molar-refractivity contribution >= 4 is 54.5 Å². The molecule has 62 heavy (non-hydrogen) atoms. The third-order valence-electron chi connectivity index (χ3n) is 11.6. The minimum Gasteiger partial charge on any atom is -0.372 e. The van der Waals surface area contributed by atoms with Crippen molar-refractivity contribution < 1.29 is 45.3 Å². The predicted octanol–water partition coefficient (Wildman–Crippen LogP) is 8.77. The summed E-state index contributed by atoms with van der Waals surface area (Å²) in [5.41, 5.74) is 1.38. The van der Waals surface area contributed by atoms with E-state index in [4.69, 9.17) is 23.9 Å². The van der Waals surface area contributed by atoms with Crippen molar-refractivity contribution in [2.24, 2.45) is 5.92 Å². The van der Waals surface area contributed by atoms with Crippen molar-refractivity contribution in [1.82, 2.24) is 13.9 Å². The highest BCUT2D eigenvalue weighted by Crippen LogP contribution is 2.35. The Hall–Kier alpha value is -3.63. The lowest BCUT2D eigenvalue weighted by Gasteiger charge is -2.36. The minimum atomic E-state index is -4.56. The largest absolute Gasteiger partial charge is 0.372 e. The number of piperidine rings is 1. The lowest BCUT2D eigenvalue weighted by Crippen LogP contribution is -2.45. The number of aromatic nitrogens is 2. The van der Waals surface area contributed by atoms with Crippen LogP contribution in [-0.2, 0) is 35.9 Å². The molecule has 0 spiro atoms. The number of hydrogen-bond donors (Lipinski definition) is 0. The summed E-state index contributed by atoms with van der Waals surface area (Å²) in [4.78, 5) is 21.7. The highest BCUT2D eigenvalue weighted by atomic mass is 32.2. The Morgan fingerprint density at radius 3 is 2.13 bits per heavy atom. The Morgan fingerprint density at radius 1 is 0.887 bits per heavy atom. The van der Waals surface area contributed by atoms with Crippen LogP contribution in [0.15, 0.2) is 54.9 Å². The average Bonchev–Trinajstić information content (AvgIpc) is 3.83. The summed E-state index contributed by atoms with van der Waals surface area (Å²) < 4.78 is 101. The van der Waals surface area contributed by atoms with Crippen LogP contribution in [0.5, 0.6) is 0 Å². The van der Waals surface area contributed by atoms with E-state index in [1.807, 2.05) is 24.3 Å². The Kier molecular flexibility index (Phi) is 15.5. The summed E-state index contributed by atoms with van der Waals surface area (Å²) in [5, 5.41) is 0.340. The summed E-state index contributed by atoms with van der Waals surface area (Å²) in [6, 6.07) is 13.2. The van der Waals surface area contributed by atoms with E-state index in [2.05, 4.69) is 44.2 Å². The molecule has 0 saturated carbocycles. The summed E-state index contributed by atoms with van der Waals surface area (Å²) in [6.45, 7) is 14.4. The SMILES string of the molecule is COC(OC)C1CCN(c2ccc(-c3cnc4c(c3)c(C(=O)c3c(F)ccc(N(COCC[Si](C)(C)C)S(=O)(=O)N5CC[C@@H](F)C5)c3F)cn4COCC[Si](C)(C)C)cc2)CC1. The molecule has 2 aliphatic rings. The minimum absolute atomic E-state index is 0.0188. The van der Waals surface area contributed by atoms with Crippen LogP contribution < -0.4 is 9.21 Å². The Balaban J connectivity index is 1.35. The van der Waals surface area contributed by atoms with Gasteiger partial charge < -0.3 is 28.4 Å². The molecule has 2 aromatic carbocycles. The number of hydrogen-bond acceptors (Lipinski definition) is 9. The van der Waals surface area contributed by atoms with Crippen LogP contribution in [0.3, 0.4) is 0 Å². The Labute approximate surface area is 366 Å². The number of fused-ring (bicyclic) bond motifs is 1. The number of nitrogens with zero attached hydrogens (tertiary/aromatic N) is 5. The van der Waals surface area contributed by atoms with Crippen LogP contribution in [0.2, 0.25) is 51.4 Å². The van der Waals surface area contributed by atoms with Crippen molar-refractivity contribution in [3.63, 3.8) is 0 Å². The number of carbonyl (C=O) groups excluding carboxylic acids is 1. The zero-order valence-electron chi connectivity index (χ0n) is 37.3. The number of methoxy groups -OCH3 is 2. The van der Waals surface area contributed by atoms with E-state index in [0.717, 1.165) is 59.7 Å². The third kappa shape index (κ3) is 11.4. The van der Waals surface area contributed by atoms with Crippen LogP contribution in [-0.4, -0.2) is 117 Å². The number of ether oxygens (including phenoxy) is 4. The van der Waals surface area contributed by atoms with E-state index in [1.165, 1.54) is 6.20 Å². The van der Waals surface area contributed by atoms with E-state index >= 15 is 8.78 Å². The Morgan fingerprint density at radius 2 is 1.53 bits per heavy atom. The second-order valence-corrected chi connectivity index (χ2v) is 31.8. The molecule has 0 bridgehead atoms. The average molecular weight is 918 g/mol. The number of anilines is 2. The number of benzene rings is 2. The fraction of sp³-hybridized carbons (Fsp3) is 0.545. The van der Waals surface area contributed by atoms with Gasteiger partial charge in [0.15, 0.2) is 12.1 Å². The highest BCUT2D eigenvalue weighted by molar-refractivity contribution is 7.90. The zero-order chi connectivity index (χ0) is 45.0. The first-order valence-electron chi connectivity index (χ1n) is 21.3. The Bertz CT molecular complexity index is 2280. The maximum atomic E-state index is 16.9. The second-order valence-electron chi connectivity index (χ2n) is 18.7. The van der Waals surface area contributed by atoms with Gasteiger partial charge in [0, 0.05) is 105 Å². The molecule has 6 rings (SSSR count). The van der Waals surface area contributed by atoms with E-state index in [1.54, 1.807) is 31.0 Å². The van der Waals surface area contributed by atoms with Crippen molar-refractivity contribution in [3.05, 3.63) is 77.6 Å². The molecule has 2 aromatic heterocycles. The van der Waals surface area contributed by atoms with Gasteiger partial charge in [-0.05, 0) is 67.2 Å². The quantitative estimate of drug-likeness (QED) is 0.0372. The number of rotatable bonds is 20. The van der Waals surface area contributed by atoms with Crippen molar-refractivity contribution in [2.45, 2.75) is 89.8 Å². The summed E-state index contributed by atoms with van der Waals surface area (Å²) >= 11 is 0. The van der Waals surface area contributed by atoms with Crippen LogP contribution in [0.4, 0.5) is 24.5 Å². The van der Waals surface area contributed by atoms with Crippen molar-refractivity contribution in [2.75, 3.05) is 69.5 Å². The van der Waals surface area contributed by atoms with E-state index in [0.29, 0.717) is 39.5 Å². The molecule has 2 saturated heterocycles. The molecule has 4 aromatic rings. The summed E-state index contributed by atoms with van der Waals surface area (Å²) in [5.74, 6) is -3.24. The zero-order valence-corrected chi connectivity index (χ0v) is 40.1. The molecule has 2 aliphatic heterocycles. The molecule has 2 fully saturated rings. The lowest BCUT2D eigenvalue weighted by atomic mass is 9.95. The second kappa shape index (κ2) is 20.0. The molecule has 1 atom stereocenters. The van der Waals surface area contributed by atoms with Crippen LogP contribution in [0.25, 0.3) is 22.2 Å². The number of alkyl halides is 1.